The van der Waals surface area contributed by atoms with Gasteiger partial charge in [-0.05, 0) is 62.4 Å². The number of hydrogen-bond donors (Lipinski definition) is 0. The van der Waals surface area contributed by atoms with Crippen molar-refractivity contribution in [3.8, 4) is 0 Å². The molecule has 0 spiro atoms. The highest BCUT2D eigenvalue weighted by Gasteiger charge is 2.65. The first-order chi connectivity index (χ1) is 10.3. The molecule has 1 heterocycles. The van der Waals surface area contributed by atoms with Crippen LogP contribution in [0.1, 0.15) is 43.2 Å². The third-order valence-electron chi connectivity index (χ3n) is 6.55. The van der Waals surface area contributed by atoms with E-state index in [-0.39, 0.29) is 5.41 Å². The molecule has 0 radical (unpaired) electrons. The first-order valence-corrected chi connectivity index (χ1v) is 10.3. The van der Waals surface area contributed by atoms with Crippen LogP contribution in [0.4, 0.5) is 0 Å². The number of sulfone groups is 1. The van der Waals surface area contributed by atoms with Gasteiger partial charge in [0.1, 0.15) is 0 Å². The predicted molar refractivity (Wildman–Crippen MR) is 87.9 cm³/mol. The molecular formula is C18H25NO2S. The lowest BCUT2D eigenvalue weighted by atomic mass is 9.62. The maximum absolute atomic E-state index is 12.0. The van der Waals surface area contributed by atoms with Gasteiger partial charge in [0.25, 0.3) is 0 Å². The maximum atomic E-state index is 12.0. The Morgan fingerprint density at radius 3 is 2.77 bits per heavy atom. The van der Waals surface area contributed by atoms with Gasteiger partial charge in [0, 0.05) is 23.8 Å². The number of fused-ring (bicyclic) bond motifs is 3. The molecule has 120 valence electrons. The van der Waals surface area contributed by atoms with Gasteiger partial charge in [-0.25, -0.2) is 8.42 Å². The van der Waals surface area contributed by atoms with E-state index in [4.69, 9.17) is 0 Å². The Labute approximate surface area is 133 Å². The normalized spacial score (nSPS) is 40.1. The highest BCUT2D eigenvalue weighted by Crippen LogP contribution is 2.62. The fourth-order valence-corrected chi connectivity index (χ4v) is 6.10. The Kier molecular flexibility index (Phi) is 3.06. The summed E-state index contributed by atoms with van der Waals surface area (Å²) in [6.07, 6.45) is 7.67. The molecule has 4 heteroatoms. The van der Waals surface area contributed by atoms with Crippen LogP contribution in [0.15, 0.2) is 23.1 Å². The van der Waals surface area contributed by atoms with Crippen LogP contribution in [0.3, 0.4) is 0 Å². The van der Waals surface area contributed by atoms with E-state index in [1.165, 1.54) is 49.5 Å². The molecule has 3 nitrogen and oxygen atoms in total. The van der Waals surface area contributed by atoms with E-state index in [0.717, 1.165) is 12.1 Å². The van der Waals surface area contributed by atoms with Crippen LogP contribution in [0.5, 0.6) is 0 Å². The number of nitrogens with zero attached hydrogens (tertiary/aromatic N) is 1. The van der Waals surface area contributed by atoms with Crippen LogP contribution < -0.4 is 0 Å². The molecule has 2 aliphatic carbocycles. The van der Waals surface area contributed by atoms with Gasteiger partial charge in [-0.3, -0.25) is 4.90 Å². The number of rotatable bonds is 2. The van der Waals surface area contributed by atoms with Crippen molar-refractivity contribution in [3.63, 3.8) is 0 Å². The SMILES string of the molecule is Cc1ccc(S(C)(=O)=O)cc1[C@]12CCCC[C@@H]1[C@@H]1C(C2)N1C. The molecule has 5 atom stereocenters. The average Bonchev–Trinajstić information content (AvgIpc) is 2.94. The Hall–Kier alpha value is -0.870. The van der Waals surface area contributed by atoms with Crippen molar-refractivity contribution in [2.24, 2.45) is 5.92 Å². The zero-order chi connectivity index (χ0) is 15.7. The first-order valence-electron chi connectivity index (χ1n) is 8.38. The molecular weight excluding hydrogens is 294 g/mol. The lowest BCUT2D eigenvalue weighted by molar-refractivity contribution is 0.168. The summed E-state index contributed by atoms with van der Waals surface area (Å²) in [5.74, 6) is 0.713. The predicted octanol–water partition coefficient (Wildman–Crippen LogP) is 2.91. The minimum absolute atomic E-state index is 0.227. The standard InChI is InChI=1S/C18H25NO2S/c1-12-7-8-13(22(3,20)21)10-15(12)18-9-5-4-6-14(18)17-16(11-18)19(17)2/h7-8,10,14,16-17H,4-6,9,11H2,1-3H3/t14-,16?,17-,18+,19?/m1/s1. The Morgan fingerprint density at radius 1 is 1.27 bits per heavy atom. The molecule has 0 amide bonds. The van der Waals surface area contributed by atoms with Gasteiger partial charge in [0.2, 0.25) is 0 Å². The van der Waals surface area contributed by atoms with Crippen LogP contribution in [0, 0.1) is 12.8 Å². The highest BCUT2D eigenvalue weighted by molar-refractivity contribution is 7.90. The summed E-state index contributed by atoms with van der Waals surface area (Å²) in [4.78, 5) is 3.00. The van der Waals surface area contributed by atoms with Crippen LogP contribution in [-0.2, 0) is 15.3 Å². The molecule has 2 saturated carbocycles. The van der Waals surface area contributed by atoms with Crippen molar-refractivity contribution in [1.82, 2.24) is 4.90 Å². The topological polar surface area (TPSA) is 37.1 Å². The Balaban J connectivity index is 1.83. The molecule has 4 rings (SSSR count). The molecule has 0 aromatic heterocycles. The largest absolute Gasteiger partial charge is 0.297 e. The van der Waals surface area contributed by atoms with Crippen LogP contribution in [0.25, 0.3) is 0 Å². The first kappa shape index (κ1) is 14.7. The number of benzene rings is 1. The monoisotopic (exact) mass is 319 g/mol. The summed E-state index contributed by atoms with van der Waals surface area (Å²) >= 11 is 0. The number of aryl methyl sites for hydroxylation is 1. The smallest absolute Gasteiger partial charge is 0.175 e. The van der Waals surface area contributed by atoms with E-state index in [1.54, 1.807) is 6.07 Å². The zero-order valence-corrected chi connectivity index (χ0v) is 14.5. The minimum atomic E-state index is -3.14. The van der Waals surface area contributed by atoms with E-state index in [1.807, 2.05) is 12.1 Å². The molecule has 1 aromatic carbocycles. The zero-order valence-electron chi connectivity index (χ0n) is 13.7. The summed E-state index contributed by atoms with van der Waals surface area (Å²) in [7, 11) is -0.893. The second-order valence-corrected chi connectivity index (χ2v) is 9.70. The second kappa shape index (κ2) is 4.57. The number of likely N-dealkylation sites (tertiary alicyclic amines) is 1. The highest BCUT2D eigenvalue weighted by atomic mass is 32.2. The van der Waals surface area contributed by atoms with Gasteiger partial charge in [-0.1, -0.05) is 18.9 Å². The summed E-state index contributed by atoms with van der Waals surface area (Å²) in [5, 5.41) is 0. The van der Waals surface area contributed by atoms with Crippen molar-refractivity contribution >= 4 is 9.84 Å². The Morgan fingerprint density at radius 2 is 2.05 bits per heavy atom. The molecule has 22 heavy (non-hydrogen) atoms. The molecule has 1 aromatic rings. The number of likely N-dealkylation sites (N-methyl/N-ethyl adjacent to an activating group) is 1. The third-order valence-corrected chi connectivity index (χ3v) is 7.67. The number of piperidine rings is 1. The van der Waals surface area contributed by atoms with E-state index in [0.29, 0.717) is 10.8 Å². The van der Waals surface area contributed by atoms with Gasteiger partial charge in [0.15, 0.2) is 9.84 Å². The summed E-state index contributed by atoms with van der Waals surface area (Å²) in [6.45, 7) is 2.15. The molecule has 3 fully saturated rings. The van der Waals surface area contributed by atoms with Crippen LogP contribution in [-0.4, -0.2) is 38.7 Å². The van der Waals surface area contributed by atoms with Gasteiger partial charge in [-0.2, -0.15) is 0 Å². The van der Waals surface area contributed by atoms with E-state index in [9.17, 15) is 8.42 Å². The van der Waals surface area contributed by atoms with E-state index >= 15 is 0 Å². The average molecular weight is 319 g/mol. The molecule has 0 N–H and O–H groups in total. The van der Waals surface area contributed by atoms with Gasteiger partial charge < -0.3 is 0 Å². The summed E-state index contributed by atoms with van der Waals surface area (Å²) in [6, 6.07) is 7.24. The van der Waals surface area contributed by atoms with Crippen molar-refractivity contribution < 1.29 is 8.42 Å². The maximum Gasteiger partial charge on any atom is 0.175 e. The van der Waals surface area contributed by atoms with Crippen molar-refractivity contribution in [2.45, 2.75) is 61.4 Å². The fraction of sp³-hybridized carbons (Fsp3) is 0.667. The van der Waals surface area contributed by atoms with Crippen molar-refractivity contribution in [2.75, 3.05) is 13.3 Å². The lowest BCUT2D eigenvalue weighted by Crippen LogP contribution is -2.40. The second-order valence-electron chi connectivity index (χ2n) is 7.68. The van der Waals surface area contributed by atoms with Crippen molar-refractivity contribution in [3.05, 3.63) is 29.3 Å². The molecule has 2 unspecified atom stereocenters. The van der Waals surface area contributed by atoms with Crippen molar-refractivity contribution in [1.29, 1.82) is 0 Å². The number of hydrogen-bond acceptors (Lipinski definition) is 3. The third kappa shape index (κ3) is 1.93. The van der Waals surface area contributed by atoms with Crippen LogP contribution >= 0.6 is 0 Å². The van der Waals surface area contributed by atoms with Gasteiger partial charge in [-0.15, -0.1) is 0 Å². The van der Waals surface area contributed by atoms with Gasteiger partial charge in [0.05, 0.1) is 4.90 Å². The lowest BCUT2D eigenvalue weighted by Gasteiger charge is -2.44. The molecule has 1 saturated heterocycles. The summed E-state index contributed by atoms with van der Waals surface area (Å²) < 4.78 is 24.0. The molecule has 1 aliphatic heterocycles. The molecule has 3 aliphatic rings. The molecule has 0 bridgehead atoms. The minimum Gasteiger partial charge on any atom is -0.297 e. The Bertz CT molecular complexity index is 727. The summed E-state index contributed by atoms with van der Waals surface area (Å²) in [5.41, 5.74) is 2.81. The van der Waals surface area contributed by atoms with Crippen LogP contribution in [0.2, 0.25) is 0 Å². The van der Waals surface area contributed by atoms with E-state index < -0.39 is 9.84 Å². The van der Waals surface area contributed by atoms with Gasteiger partial charge >= 0.3 is 0 Å². The fourth-order valence-electron chi connectivity index (χ4n) is 5.45. The quantitative estimate of drug-likeness (QED) is 0.787. The van der Waals surface area contributed by atoms with E-state index in [2.05, 4.69) is 18.9 Å².